The van der Waals surface area contributed by atoms with E-state index < -0.39 is 0 Å². The van der Waals surface area contributed by atoms with E-state index in [2.05, 4.69) is 55.0 Å². The minimum Gasteiger partial charge on any atom is -0.363 e. The van der Waals surface area contributed by atoms with Gasteiger partial charge in [-0.25, -0.2) is 0 Å². The van der Waals surface area contributed by atoms with Crippen molar-refractivity contribution in [2.75, 3.05) is 65.3 Å². The molecule has 0 aliphatic carbocycles. The SMILES string of the molecule is CC(C)c1nn(C)c(N(C)C)c1CNCCN1CCCN(C)CC1.Cl. The van der Waals surface area contributed by atoms with E-state index in [1.165, 1.54) is 49.7 Å². The van der Waals surface area contributed by atoms with Gasteiger partial charge in [0.05, 0.1) is 5.69 Å². The maximum absolute atomic E-state index is 4.74. The molecule has 1 aromatic heterocycles. The van der Waals surface area contributed by atoms with Crippen molar-refractivity contribution < 1.29 is 0 Å². The van der Waals surface area contributed by atoms with Gasteiger partial charge in [-0.15, -0.1) is 12.4 Å². The molecule has 0 unspecified atom stereocenters. The fourth-order valence-corrected chi connectivity index (χ4v) is 3.55. The number of aromatic nitrogens is 2. The summed E-state index contributed by atoms with van der Waals surface area (Å²) in [4.78, 5) is 7.18. The number of rotatable bonds is 7. The second-order valence-corrected chi connectivity index (χ2v) is 7.54. The van der Waals surface area contributed by atoms with Gasteiger partial charge in [-0.05, 0) is 32.5 Å². The minimum absolute atomic E-state index is 0. The highest BCUT2D eigenvalue weighted by molar-refractivity contribution is 5.85. The summed E-state index contributed by atoms with van der Waals surface area (Å²) >= 11 is 0. The number of halogens is 1. The van der Waals surface area contributed by atoms with Crippen molar-refractivity contribution in [2.45, 2.75) is 32.7 Å². The number of nitrogens with zero attached hydrogens (tertiary/aromatic N) is 5. The summed E-state index contributed by atoms with van der Waals surface area (Å²) in [5, 5.41) is 8.39. The molecule has 0 bridgehead atoms. The molecule has 2 rings (SSSR count). The summed E-state index contributed by atoms with van der Waals surface area (Å²) in [5.74, 6) is 1.66. The lowest BCUT2D eigenvalue weighted by molar-refractivity contribution is 0.275. The Morgan fingerprint density at radius 3 is 2.48 bits per heavy atom. The summed E-state index contributed by atoms with van der Waals surface area (Å²) in [6.07, 6.45) is 1.28. The Balaban J connectivity index is 0.00000312. The standard InChI is InChI=1S/C18H36N6.ClH/c1-15(2)17-16(18(21(3)4)23(6)20-17)14-19-8-11-24-10-7-9-22(5)12-13-24;/h15,19H,7-14H2,1-6H3;1H. The van der Waals surface area contributed by atoms with E-state index in [4.69, 9.17) is 5.10 Å². The van der Waals surface area contributed by atoms with Crippen molar-refractivity contribution in [1.29, 1.82) is 0 Å². The van der Waals surface area contributed by atoms with E-state index in [9.17, 15) is 0 Å². The molecule has 0 radical (unpaired) electrons. The maximum Gasteiger partial charge on any atom is 0.130 e. The topological polar surface area (TPSA) is 39.6 Å². The van der Waals surface area contributed by atoms with Crippen LogP contribution in [0.5, 0.6) is 0 Å². The van der Waals surface area contributed by atoms with Gasteiger partial charge in [0, 0.05) is 59.4 Å². The van der Waals surface area contributed by atoms with Crippen LogP contribution in [0.2, 0.25) is 0 Å². The van der Waals surface area contributed by atoms with Crippen LogP contribution in [0, 0.1) is 0 Å². The highest BCUT2D eigenvalue weighted by Crippen LogP contribution is 2.26. The van der Waals surface area contributed by atoms with Gasteiger partial charge in [-0.2, -0.15) is 5.10 Å². The first-order valence-corrected chi connectivity index (χ1v) is 9.24. The highest BCUT2D eigenvalue weighted by atomic mass is 35.5. The molecule has 1 aliphatic rings. The molecular formula is C18H37ClN6. The van der Waals surface area contributed by atoms with Crippen molar-refractivity contribution in [3.63, 3.8) is 0 Å². The van der Waals surface area contributed by atoms with Crippen LogP contribution in [-0.2, 0) is 13.6 Å². The molecule has 7 heteroatoms. The van der Waals surface area contributed by atoms with E-state index in [0.29, 0.717) is 5.92 Å². The first-order chi connectivity index (χ1) is 11.4. The average Bonchev–Trinajstić information content (AvgIpc) is 2.70. The van der Waals surface area contributed by atoms with Gasteiger partial charge in [-0.1, -0.05) is 13.8 Å². The predicted octanol–water partition coefficient (Wildman–Crippen LogP) is 1.76. The van der Waals surface area contributed by atoms with E-state index >= 15 is 0 Å². The number of anilines is 1. The lowest BCUT2D eigenvalue weighted by Crippen LogP contribution is -2.35. The van der Waals surface area contributed by atoms with Gasteiger partial charge in [0.15, 0.2) is 0 Å². The van der Waals surface area contributed by atoms with Crippen molar-refractivity contribution in [2.24, 2.45) is 7.05 Å². The van der Waals surface area contributed by atoms with E-state index in [1.807, 2.05) is 11.7 Å². The number of hydrogen-bond donors (Lipinski definition) is 1. The molecule has 146 valence electrons. The Bertz CT molecular complexity index is 514. The van der Waals surface area contributed by atoms with Crippen LogP contribution in [0.15, 0.2) is 0 Å². The third kappa shape index (κ3) is 6.13. The Morgan fingerprint density at radius 1 is 1.12 bits per heavy atom. The Morgan fingerprint density at radius 2 is 1.84 bits per heavy atom. The zero-order valence-corrected chi connectivity index (χ0v) is 17.7. The molecule has 1 fully saturated rings. The highest BCUT2D eigenvalue weighted by Gasteiger charge is 2.19. The molecular weight excluding hydrogens is 336 g/mol. The van der Waals surface area contributed by atoms with Crippen LogP contribution >= 0.6 is 12.4 Å². The van der Waals surface area contributed by atoms with E-state index in [0.717, 1.165) is 19.6 Å². The van der Waals surface area contributed by atoms with Crippen molar-refractivity contribution in [3.05, 3.63) is 11.3 Å². The van der Waals surface area contributed by atoms with Crippen LogP contribution in [0.25, 0.3) is 0 Å². The van der Waals surface area contributed by atoms with E-state index in [1.54, 1.807) is 0 Å². The van der Waals surface area contributed by atoms with Crippen molar-refractivity contribution in [1.82, 2.24) is 24.9 Å². The van der Waals surface area contributed by atoms with E-state index in [-0.39, 0.29) is 12.4 Å². The molecule has 0 atom stereocenters. The predicted molar refractivity (Wildman–Crippen MR) is 109 cm³/mol. The molecule has 2 heterocycles. The molecule has 1 N–H and O–H groups in total. The van der Waals surface area contributed by atoms with Gasteiger partial charge in [0.2, 0.25) is 0 Å². The largest absolute Gasteiger partial charge is 0.363 e. The molecule has 1 saturated heterocycles. The normalized spacial score (nSPS) is 16.8. The third-order valence-electron chi connectivity index (χ3n) is 4.83. The monoisotopic (exact) mass is 372 g/mol. The fourth-order valence-electron chi connectivity index (χ4n) is 3.55. The molecule has 0 saturated carbocycles. The van der Waals surface area contributed by atoms with Gasteiger partial charge < -0.3 is 20.0 Å². The minimum atomic E-state index is 0. The molecule has 0 aromatic carbocycles. The Hall–Kier alpha value is -0.820. The second-order valence-electron chi connectivity index (χ2n) is 7.54. The molecule has 1 aliphatic heterocycles. The second kappa shape index (κ2) is 10.4. The molecule has 0 spiro atoms. The fraction of sp³-hybridized carbons (Fsp3) is 0.833. The lowest BCUT2D eigenvalue weighted by atomic mass is 10.1. The summed E-state index contributed by atoms with van der Waals surface area (Å²) in [6.45, 7) is 12.3. The number of nitrogens with one attached hydrogen (secondary N) is 1. The summed E-state index contributed by atoms with van der Waals surface area (Å²) in [7, 11) is 8.45. The van der Waals surface area contributed by atoms with Crippen LogP contribution in [0.3, 0.4) is 0 Å². The smallest absolute Gasteiger partial charge is 0.130 e. The van der Waals surface area contributed by atoms with Crippen molar-refractivity contribution in [3.8, 4) is 0 Å². The van der Waals surface area contributed by atoms with Crippen molar-refractivity contribution >= 4 is 18.2 Å². The summed E-state index contributed by atoms with van der Waals surface area (Å²) in [5.41, 5.74) is 2.55. The third-order valence-corrected chi connectivity index (χ3v) is 4.83. The zero-order chi connectivity index (χ0) is 17.7. The average molecular weight is 373 g/mol. The van der Waals surface area contributed by atoms with Gasteiger partial charge in [0.25, 0.3) is 0 Å². The Labute approximate surface area is 159 Å². The zero-order valence-electron chi connectivity index (χ0n) is 16.9. The number of aryl methyl sites for hydroxylation is 1. The first-order valence-electron chi connectivity index (χ1n) is 9.24. The number of hydrogen-bond acceptors (Lipinski definition) is 5. The lowest BCUT2D eigenvalue weighted by Gasteiger charge is -2.21. The molecule has 0 amide bonds. The molecule has 1 aromatic rings. The van der Waals surface area contributed by atoms with Crippen LogP contribution in [-0.4, -0.2) is 80.0 Å². The van der Waals surface area contributed by atoms with Crippen LogP contribution in [0.4, 0.5) is 5.82 Å². The van der Waals surface area contributed by atoms with Crippen LogP contribution in [0.1, 0.15) is 37.4 Å². The van der Waals surface area contributed by atoms with Crippen LogP contribution < -0.4 is 10.2 Å². The van der Waals surface area contributed by atoms with Gasteiger partial charge in [0.1, 0.15) is 5.82 Å². The summed E-state index contributed by atoms with van der Waals surface area (Å²) in [6, 6.07) is 0. The van der Waals surface area contributed by atoms with Gasteiger partial charge in [-0.3, -0.25) is 4.68 Å². The summed E-state index contributed by atoms with van der Waals surface area (Å²) < 4.78 is 2.01. The maximum atomic E-state index is 4.74. The van der Waals surface area contributed by atoms with Gasteiger partial charge >= 0.3 is 0 Å². The molecule has 25 heavy (non-hydrogen) atoms. The first kappa shape index (κ1) is 22.2. The Kier molecular flexibility index (Phi) is 9.21. The number of likely N-dealkylation sites (N-methyl/N-ethyl adjacent to an activating group) is 1. The molecule has 6 nitrogen and oxygen atoms in total. The quantitative estimate of drug-likeness (QED) is 0.738.